The van der Waals surface area contributed by atoms with Crippen LogP contribution in [0.25, 0.3) is 0 Å². The van der Waals surface area contributed by atoms with Gasteiger partial charge in [0.05, 0.1) is 18.7 Å². The molecular formula is C14H21F3N4S. The summed E-state index contributed by atoms with van der Waals surface area (Å²) in [6.45, 7) is 0.387. The Morgan fingerprint density at radius 1 is 1.36 bits per heavy atom. The van der Waals surface area contributed by atoms with Gasteiger partial charge in [-0.3, -0.25) is 4.99 Å². The maximum Gasteiger partial charge on any atom is 0.390 e. The van der Waals surface area contributed by atoms with E-state index in [-0.39, 0.29) is 6.54 Å². The third-order valence-electron chi connectivity index (χ3n) is 3.53. The lowest BCUT2D eigenvalue weighted by molar-refractivity contribution is -0.132. The molecule has 1 aromatic rings. The quantitative estimate of drug-likeness (QED) is 0.680. The van der Waals surface area contributed by atoms with Crippen molar-refractivity contribution in [3.63, 3.8) is 0 Å². The lowest BCUT2D eigenvalue weighted by atomic mass is 10.0. The van der Waals surface area contributed by atoms with Gasteiger partial charge in [0.2, 0.25) is 0 Å². The van der Waals surface area contributed by atoms with Crippen molar-refractivity contribution >= 4 is 17.3 Å². The molecule has 2 rings (SSSR count). The molecule has 0 bridgehead atoms. The van der Waals surface area contributed by atoms with E-state index in [9.17, 15) is 13.2 Å². The van der Waals surface area contributed by atoms with Crippen LogP contribution < -0.4 is 5.32 Å². The number of alkyl halides is 3. The van der Waals surface area contributed by atoms with Crippen molar-refractivity contribution in [2.45, 2.75) is 44.8 Å². The number of aryl methyl sites for hydroxylation is 2. The summed E-state index contributed by atoms with van der Waals surface area (Å²) < 4.78 is 36.6. The lowest BCUT2D eigenvalue weighted by Crippen LogP contribution is -2.39. The summed E-state index contributed by atoms with van der Waals surface area (Å²) in [5, 5.41) is 3.73. The number of fused-ring (bicyclic) bond motifs is 1. The third-order valence-corrected chi connectivity index (χ3v) is 4.67. The van der Waals surface area contributed by atoms with Crippen LogP contribution >= 0.6 is 11.3 Å². The first-order valence-electron chi connectivity index (χ1n) is 7.35. The topological polar surface area (TPSA) is 40.5 Å². The highest BCUT2D eigenvalue weighted by atomic mass is 32.1. The maximum atomic E-state index is 12.2. The van der Waals surface area contributed by atoms with E-state index in [4.69, 9.17) is 0 Å². The van der Waals surface area contributed by atoms with E-state index in [1.807, 2.05) is 7.05 Å². The summed E-state index contributed by atoms with van der Waals surface area (Å²) in [5.41, 5.74) is 1.19. The molecule has 4 nitrogen and oxygen atoms in total. The van der Waals surface area contributed by atoms with Gasteiger partial charge in [0.15, 0.2) is 5.96 Å². The number of hydrogen-bond donors (Lipinski definition) is 1. The first-order valence-corrected chi connectivity index (χ1v) is 8.16. The molecule has 1 N–H and O–H groups in total. The molecule has 0 radical (unpaired) electrons. The molecule has 1 aliphatic rings. The average Bonchev–Trinajstić information content (AvgIpc) is 2.84. The molecule has 0 unspecified atom stereocenters. The second kappa shape index (κ2) is 7.30. The number of rotatable bonds is 4. The molecule has 0 saturated carbocycles. The molecule has 124 valence electrons. The highest BCUT2D eigenvalue weighted by Crippen LogP contribution is 2.27. The molecule has 8 heteroatoms. The molecule has 0 fully saturated rings. The van der Waals surface area contributed by atoms with E-state index in [0.29, 0.717) is 12.5 Å². The fourth-order valence-electron chi connectivity index (χ4n) is 2.45. The Hall–Kier alpha value is -1.31. The average molecular weight is 334 g/mol. The maximum absolute atomic E-state index is 12.2. The van der Waals surface area contributed by atoms with Gasteiger partial charge in [0, 0.05) is 25.5 Å². The molecule has 1 aromatic heterocycles. The summed E-state index contributed by atoms with van der Waals surface area (Å²) in [6.07, 6.45) is -0.495. The minimum absolute atomic E-state index is 0.172. The van der Waals surface area contributed by atoms with Crippen molar-refractivity contribution in [1.29, 1.82) is 0 Å². The number of guanidine groups is 1. The molecule has 0 saturated heterocycles. The van der Waals surface area contributed by atoms with Crippen LogP contribution in [0.2, 0.25) is 0 Å². The van der Waals surface area contributed by atoms with Gasteiger partial charge in [-0.05, 0) is 25.7 Å². The fraction of sp³-hybridized carbons (Fsp3) is 0.714. The van der Waals surface area contributed by atoms with Crippen LogP contribution in [0, 0.1) is 0 Å². The van der Waals surface area contributed by atoms with Gasteiger partial charge in [0.25, 0.3) is 0 Å². The smallest absolute Gasteiger partial charge is 0.356 e. The van der Waals surface area contributed by atoms with E-state index in [1.165, 1.54) is 23.4 Å². The number of nitrogens with one attached hydrogen (secondary N) is 1. The zero-order valence-corrected chi connectivity index (χ0v) is 13.7. The second-order valence-corrected chi connectivity index (χ2v) is 6.55. The zero-order chi connectivity index (χ0) is 16.2. The van der Waals surface area contributed by atoms with Crippen LogP contribution in [0.3, 0.4) is 0 Å². The lowest BCUT2D eigenvalue weighted by Gasteiger charge is -2.21. The minimum atomic E-state index is -4.15. The number of thiazole rings is 1. The van der Waals surface area contributed by atoms with Crippen LogP contribution in [0.15, 0.2) is 4.99 Å². The fourth-order valence-corrected chi connectivity index (χ4v) is 3.66. The van der Waals surface area contributed by atoms with Gasteiger partial charge < -0.3 is 10.2 Å². The highest BCUT2D eigenvalue weighted by molar-refractivity contribution is 7.11. The summed E-state index contributed by atoms with van der Waals surface area (Å²) in [7, 11) is 3.38. The molecule has 0 atom stereocenters. The standard InChI is InChI=1S/C14H21F3N4S/c1-18-13(19-8-7-14(15,16)17)21(2)9-12-20-10-5-3-4-6-11(10)22-12/h3-9H2,1-2H3,(H,18,19). The van der Waals surface area contributed by atoms with Crippen LogP contribution in [-0.4, -0.2) is 42.7 Å². The Balaban J connectivity index is 1.89. The SMILES string of the molecule is CN=C(NCCC(F)(F)F)N(C)Cc1nc2c(s1)CCCC2. The predicted molar refractivity (Wildman–Crippen MR) is 82.3 cm³/mol. The Bertz CT molecular complexity index is 501. The van der Waals surface area contributed by atoms with Crippen molar-refractivity contribution in [2.24, 2.45) is 4.99 Å². The van der Waals surface area contributed by atoms with E-state index >= 15 is 0 Å². The Morgan fingerprint density at radius 3 is 2.73 bits per heavy atom. The molecule has 1 aliphatic carbocycles. The number of aliphatic imine (C=N–C) groups is 1. The van der Waals surface area contributed by atoms with Gasteiger partial charge in [0.1, 0.15) is 5.01 Å². The summed E-state index contributed by atoms with van der Waals surface area (Å²) in [5.74, 6) is 0.456. The molecule has 0 amide bonds. The molecular weight excluding hydrogens is 313 g/mol. The predicted octanol–water partition coefficient (Wildman–Crippen LogP) is 2.98. The molecule has 0 spiro atoms. The molecule has 22 heavy (non-hydrogen) atoms. The van der Waals surface area contributed by atoms with E-state index < -0.39 is 12.6 Å². The van der Waals surface area contributed by atoms with Crippen LogP contribution in [0.1, 0.15) is 34.8 Å². The molecule has 1 heterocycles. The largest absolute Gasteiger partial charge is 0.390 e. The molecule has 0 aromatic carbocycles. The highest BCUT2D eigenvalue weighted by Gasteiger charge is 2.26. The van der Waals surface area contributed by atoms with Crippen molar-refractivity contribution in [3.8, 4) is 0 Å². The summed E-state index contributed by atoms with van der Waals surface area (Å²) in [6, 6.07) is 0. The number of halogens is 3. The van der Waals surface area contributed by atoms with Crippen molar-refractivity contribution in [1.82, 2.24) is 15.2 Å². The van der Waals surface area contributed by atoms with Gasteiger partial charge in [-0.25, -0.2) is 4.98 Å². The summed E-state index contributed by atoms with van der Waals surface area (Å²) in [4.78, 5) is 11.8. The van der Waals surface area contributed by atoms with Gasteiger partial charge in [-0.2, -0.15) is 13.2 Å². The third kappa shape index (κ3) is 4.86. The van der Waals surface area contributed by atoms with Gasteiger partial charge in [-0.1, -0.05) is 0 Å². The van der Waals surface area contributed by atoms with Gasteiger partial charge in [-0.15, -0.1) is 11.3 Å². The second-order valence-electron chi connectivity index (χ2n) is 5.38. The van der Waals surface area contributed by atoms with Crippen LogP contribution in [0.5, 0.6) is 0 Å². The first-order chi connectivity index (χ1) is 10.4. The Morgan fingerprint density at radius 2 is 2.09 bits per heavy atom. The van der Waals surface area contributed by atoms with Crippen molar-refractivity contribution in [3.05, 3.63) is 15.6 Å². The normalized spacial score (nSPS) is 15.6. The minimum Gasteiger partial charge on any atom is -0.356 e. The van der Waals surface area contributed by atoms with Crippen molar-refractivity contribution in [2.75, 3.05) is 20.6 Å². The van der Waals surface area contributed by atoms with E-state index in [1.54, 1.807) is 23.3 Å². The number of nitrogens with zero attached hydrogens (tertiary/aromatic N) is 3. The first kappa shape index (κ1) is 17.1. The van der Waals surface area contributed by atoms with Crippen molar-refractivity contribution < 1.29 is 13.2 Å². The monoisotopic (exact) mass is 334 g/mol. The van der Waals surface area contributed by atoms with Crippen LogP contribution in [0.4, 0.5) is 13.2 Å². The van der Waals surface area contributed by atoms with Gasteiger partial charge >= 0.3 is 6.18 Å². The Kier molecular flexibility index (Phi) is 5.66. The zero-order valence-electron chi connectivity index (χ0n) is 12.8. The summed E-state index contributed by atoms with van der Waals surface area (Å²) >= 11 is 1.70. The Labute approximate surface area is 132 Å². The number of aromatic nitrogens is 1. The molecule has 0 aliphatic heterocycles. The number of hydrogen-bond acceptors (Lipinski definition) is 3. The van der Waals surface area contributed by atoms with E-state index in [2.05, 4.69) is 15.3 Å². The van der Waals surface area contributed by atoms with Crippen LogP contribution in [-0.2, 0) is 19.4 Å². The van der Waals surface area contributed by atoms with E-state index in [0.717, 1.165) is 17.8 Å².